The monoisotopic (exact) mass is 164 g/mol. The summed E-state index contributed by atoms with van der Waals surface area (Å²) in [7, 11) is 0. The van der Waals surface area contributed by atoms with E-state index in [1.54, 1.807) is 0 Å². The van der Waals surface area contributed by atoms with Crippen LogP contribution >= 0.6 is 0 Å². The van der Waals surface area contributed by atoms with Gasteiger partial charge in [-0.15, -0.1) is 0 Å². The van der Waals surface area contributed by atoms with Crippen molar-refractivity contribution < 1.29 is 0 Å². The third kappa shape index (κ3) is 1.76. The Hall–Kier alpha value is -1.05. The van der Waals surface area contributed by atoms with E-state index >= 15 is 0 Å². The summed E-state index contributed by atoms with van der Waals surface area (Å²) in [5, 5.41) is 0. The van der Waals surface area contributed by atoms with Gasteiger partial charge in [-0.1, -0.05) is 20.8 Å². The van der Waals surface area contributed by atoms with Crippen LogP contribution in [0.3, 0.4) is 0 Å². The van der Waals surface area contributed by atoms with Crippen molar-refractivity contribution in [3.05, 3.63) is 23.4 Å². The average Bonchev–Trinajstić information content (AvgIpc) is 1.83. The summed E-state index contributed by atoms with van der Waals surface area (Å²) in [4.78, 5) is 4.08. The van der Waals surface area contributed by atoms with Crippen LogP contribution in [0.15, 0.2) is 12.3 Å². The summed E-state index contributed by atoms with van der Waals surface area (Å²) in [6, 6.07) is 1.92. The quantitative estimate of drug-likeness (QED) is 0.638. The first kappa shape index (κ1) is 9.04. The Morgan fingerprint density at radius 3 is 2.33 bits per heavy atom. The van der Waals surface area contributed by atoms with Crippen LogP contribution in [-0.4, -0.2) is 4.98 Å². The molecule has 0 bridgehead atoms. The van der Waals surface area contributed by atoms with Gasteiger partial charge >= 0.3 is 0 Å². The number of aryl methyl sites for hydroxylation is 1. The van der Waals surface area contributed by atoms with Crippen LogP contribution in [0, 0.1) is 6.92 Å². The Kier molecular flexibility index (Phi) is 2.09. The van der Waals surface area contributed by atoms with Gasteiger partial charge in [0.1, 0.15) is 5.82 Å². The first-order valence-electron chi connectivity index (χ1n) is 4.14. The van der Waals surface area contributed by atoms with Crippen LogP contribution in [-0.2, 0) is 5.41 Å². The summed E-state index contributed by atoms with van der Waals surface area (Å²) in [5.41, 5.74) is 8.20. The largest absolute Gasteiger partial charge is 0.384 e. The van der Waals surface area contributed by atoms with E-state index in [4.69, 9.17) is 5.73 Å². The van der Waals surface area contributed by atoms with Gasteiger partial charge in [0.05, 0.1) is 0 Å². The number of nitrogens with zero attached hydrogens (tertiary/aromatic N) is 1. The second kappa shape index (κ2) is 2.77. The zero-order valence-corrected chi connectivity index (χ0v) is 8.18. The molecule has 1 heterocycles. The van der Waals surface area contributed by atoms with E-state index in [9.17, 15) is 0 Å². The normalized spacial score (nSPS) is 11.7. The highest BCUT2D eigenvalue weighted by Crippen LogP contribution is 2.25. The average molecular weight is 164 g/mol. The molecular weight excluding hydrogens is 148 g/mol. The van der Waals surface area contributed by atoms with Gasteiger partial charge in [0, 0.05) is 6.20 Å². The Labute approximate surface area is 73.8 Å². The van der Waals surface area contributed by atoms with Crippen molar-refractivity contribution in [2.24, 2.45) is 0 Å². The fourth-order valence-corrected chi connectivity index (χ4v) is 1.36. The standard InChI is InChI=1S/C10H16N2/c1-7-5-9(11)12-6-8(7)10(2,3)4/h5-6H,1-4H3,(H2,11,12). The fourth-order valence-electron chi connectivity index (χ4n) is 1.36. The SMILES string of the molecule is Cc1cc(N)ncc1C(C)(C)C. The van der Waals surface area contributed by atoms with Gasteiger partial charge < -0.3 is 5.73 Å². The van der Waals surface area contributed by atoms with E-state index in [2.05, 4.69) is 32.7 Å². The molecule has 0 unspecified atom stereocenters. The Bertz CT molecular complexity index is 284. The number of hydrogen-bond donors (Lipinski definition) is 1. The van der Waals surface area contributed by atoms with Gasteiger partial charge in [0.15, 0.2) is 0 Å². The Morgan fingerprint density at radius 2 is 1.92 bits per heavy atom. The minimum atomic E-state index is 0.158. The summed E-state index contributed by atoms with van der Waals surface area (Å²) in [6.07, 6.45) is 1.87. The minimum Gasteiger partial charge on any atom is -0.384 e. The first-order valence-corrected chi connectivity index (χ1v) is 4.14. The number of rotatable bonds is 0. The Balaban J connectivity index is 3.19. The molecule has 0 saturated heterocycles. The lowest BCUT2D eigenvalue weighted by Gasteiger charge is -2.20. The molecule has 2 N–H and O–H groups in total. The van der Waals surface area contributed by atoms with Gasteiger partial charge in [0.2, 0.25) is 0 Å². The molecule has 66 valence electrons. The fraction of sp³-hybridized carbons (Fsp3) is 0.500. The maximum absolute atomic E-state index is 5.56. The van der Waals surface area contributed by atoms with Crippen LogP contribution in [0.2, 0.25) is 0 Å². The van der Waals surface area contributed by atoms with Crippen molar-refractivity contribution in [3.63, 3.8) is 0 Å². The predicted octanol–water partition coefficient (Wildman–Crippen LogP) is 2.27. The molecular formula is C10H16N2. The van der Waals surface area contributed by atoms with Gasteiger partial charge in [-0.3, -0.25) is 0 Å². The zero-order chi connectivity index (χ0) is 9.35. The molecule has 1 rings (SSSR count). The van der Waals surface area contributed by atoms with Crippen molar-refractivity contribution in [1.29, 1.82) is 0 Å². The molecule has 0 aliphatic rings. The van der Waals surface area contributed by atoms with E-state index < -0.39 is 0 Å². The molecule has 0 aromatic carbocycles. The summed E-state index contributed by atoms with van der Waals surface area (Å²) < 4.78 is 0. The molecule has 1 aromatic rings. The summed E-state index contributed by atoms with van der Waals surface area (Å²) >= 11 is 0. The summed E-state index contributed by atoms with van der Waals surface area (Å²) in [6.45, 7) is 8.59. The first-order chi connectivity index (χ1) is 5.41. The minimum absolute atomic E-state index is 0.158. The molecule has 0 amide bonds. The molecule has 0 atom stereocenters. The number of anilines is 1. The number of hydrogen-bond acceptors (Lipinski definition) is 2. The highest BCUT2D eigenvalue weighted by atomic mass is 14.8. The topological polar surface area (TPSA) is 38.9 Å². The summed E-state index contributed by atoms with van der Waals surface area (Å²) in [5.74, 6) is 0.598. The number of pyridine rings is 1. The maximum atomic E-state index is 5.56. The lowest BCUT2D eigenvalue weighted by molar-refractivity contribution is 0.583. The molecule has 12 heavy (non-hydrogen) atoms. The molecule has 0 fully saturated rings. The second-order valence-corrected chi connectivity index (χ2v) is 4.17. The Morgan fingerprint density at radius 1 is 1.33 bits per heavy atom. The van der Waals surface area contributed by atoms with Crippen molar-refractivity contribution in [2.75, 3.05) is 5.73 Å². The van der Waals surface area contributed by atoms with Crippen LogP contribution < -0.4 is 5.73 Å². The molecule has 2 nitrogen and oxygen atoms in total. The van der Waals surface area contributed by atoms with Gasteiger partial charge in [-0.05, 0) is 29.5 Å². The van der Waals surface area contributed by atoms with Crippen LogP contribution in [0.5, 0.6) is 0 Å². The number of nitrogen functional groups attached to an aromatic ring is 1. The molecule has 0 radical (unpaired) electrons. The maximum Gasteiger partial charge on any atom is 0.123 e. The smallest absolute Gasteiger partial charge is 0.123 e. The van der Waals surface area contributed by atoms with E-state index in [0.717, 1.165) is 0 Å². The van der Waals surface area contributed by atoms with E-state index in [1.807, 2.05) is 12.3 Å². The highest BCUT2D eigenvalue weighted by Gasteiger charge is 2.16. The molecule has 2 heteroatoms. The highest BCUT2D eigenvalue weighted by molar-refractivity contribution is 5.38. The van der Waals surface area contributed by atoms with Crippen molar-refractivity contribution >= 4 is 5.82 Å². The lowest BCUT2D eigenvalue weighted by Crippen LogP contribution is -2.13. The van der Waals surface area contributed by atoms with Crippen LogP contribution in [0.25, 0.3) is 0 Å². The molecule has 0 aliphatic heterocycles. The molecule has 0 aliphatic carbocycles. The second-order valence-electron chi connectivity index (χ2n) is 4.17. The zero-order valence-electron chi connectivity index (χ0n) is 8.18. The van der Waals surface area contributed by atoms with Gasteiger partial charge in [-0.2, -0.15) is 0 Å². The van der Waals surface area contributed by atoms with Crippen LogP contribution in [0.4, 0.5) is 5.82 Å². The van der Waals surface area contributed by atoms with E-state index in [0.29, 0.717) is 5.82 Å². The molecule has 0 spiro atoms. The van der Waals surface area contributed by atoms with E-state index in [1.165, 1.54) is 11.1 Å². The van der Waals surface area contributed by atoms with Crippen molar-refractivity contribution in [2.45, 2.75) is 33.1 Å². The number of aromatic nitrogens is 1. The van der Waals surface area contributed by atoms with Crippen molar-refractivity contribution in [3.8, 4) is 0 Å². The van der Waals surface area contributed by atoms with E-state index in [-0.39, 0.29) is 5.41 Å². The molecule has 1 aromatic heterocycles. The number of nitrogens with two attached hydrogens (primary N) is 1. The lowest BCUT2D eigenvalue weighted by atomic mass is 9.85. The van der Waals surface area contributed by atoms with Gasteiger partial charge in [0.25, 0.3) is 0 Å². The van der Waals surface area contributed by atoms with Crippen LogP contribution in [0.1, 0.15) is 31.9 Å². The third-order valence-corrected chi connectivity index (χ3v) is 1.94. The third-order valence-electron chi connectivity index (χ3n) is 1.94. The molecule has 0 saturated carbocycles. The van der Waals surface area contributed by atoms with Gasteiger partial charge in [-0.25, -0.2) is 4.98 Å². The predicted molar refractivity (Wildman–Crippen MR) is 52.1 cm³/mol. The van der Waals surface area contributed by atoms with Crippen molar-refractivity contribution in [1.82, 2.24) is 4.98 Å².